The molecule has 1 aliphatic heterocycles. The number of carbonyl (C=O) groups is 1. The highest BCUT2D eigenvalue weighted by molar-refractivity contribution is 6.25. The molecule has 0 radical (unpaired) electrons. The minimum Gasteiger partial charge on any atom is -0.411 e. The molecule has 62 valence electrons. The molecule has 1 saturated heterocycles. The van der Waals surface area contributed by atoms with Gasteiger partial charge < -0.3 is 10.1 Å². The molecule has 0 spiro atoms. The highest BCUT2D eigenvalue weighted by atomic mass is 16.4. The Labute approximate surface area is 65.5 Å². The second-order valence-electron chi connectivity index (χ2n) is 2.92. The predicted molar refractivity (Wildman–Crippen MR) is 40.6 cm³/mol. The predicted octanol–water partition coefficient (Wildman–Crippen LogP) is 0.315. The van der Waals surface area contributed by atoms with Crippen LogP contribution in [-0.2, 0) is 4.79 Å². The third-order valence-electron chi connectivity index (χ3n) is 1.90. The summed E-state index contributed by atoms with van der Waals surface area (Å²) in [5, 5.41) is 10.8. The molecule has 1 aliphatic rings. The van der Waals surface area contributed by atoms with E-state index in [0.717, 1.165) is 25.7 Å². The van der Waals surface area contributed by atoms with E-state index >= 15 is 0 Å². The number of nitrogens with zero attached hydrogens (tertiary/aromatic N) is 2. The van der Waals surface area contributed by atoms with Crippen molar-refractivity contribution < 1.29 is 10.0 Å². The second kappa shape index (κ2) is 3.37. The summed E-state index contributed by atoms with van der Waals surface area (Å²) in [6.07, 6.45) is 1.99. The van der Waals surface area contributed by atoms with Gasteiger partial charge in [-0.2, -0.15) is 0 Å². The number of carbonyl (C=O) groups excluding carboxylic acids is 1. The molecule has 0 aromatic heterocycles. The fourth-order valence-corrected chi connectivity index (χ4v) is 1.27. The van der Waals surface area contributed by atoms with Gasteiger partial charge in [-0.3, -0.25) is 4.79 Å². The molecule has 1 fully saturated rings. The Morgan fingerprint density at radius 2 is 2.55 bits per heavy atom. The normalized spacial score (nSPS) is 24.8. The molecule has 4 heteroatoms. The van der Waals surface area contributed by atoms with Crippen LogP contribution in [-0.4, -0.2) is 35.3 Å². The zero-order valence-corrected chi connectivity index (χ0v) is 6.53. The molecule has 0 saturated carbocycles. The van der Waals surface area contributed by atoms with Crippen LogP contribution in [0.4, 0.5) is 0 Å². The van der Waals surface area contributed by atoms with Crippen LogP contribution in [0.5, 0.6) is 0 Å². The number of rotatable bonds is 1. The van der Waals surface area contributed by atoms with Crippen molar-refractivity contribution in [2.45, 2.75) is 13.3 Å². The first-order valence-electron chi connectivity index (χ1n) is 3.70. The van der Waals surface area contributed by atoms with E-state index in [9.17, 15) is 4.79 Å². The Morgan fingerprint density at radius 1 is 1.82 bits per heavy atom. The molecule has 1 unspecified atom stereocenters. The fourth-order valence-electron chi connectivity index (χ4n) is 1.27. The van der Waals surface area contributed by atoms with Crippen molar-refractivity contribution in [1.82, 2.24) is 4.90 Å². The van der Waals surface area contributed by atoms with Gasteiger partial charge in [0.1, 0.15) is 6.21 Å². The molecule has 0 aliphatic carbocycles. The summed E-state index contributed by atoms with van der Waals surface area (Å²) in [6, 6.07) is 0. The van der Waals surface area contributed by atoms with Crippen LogP contribution in [0.15, 0.2) is 5.16 Å². The van der Waals surface area contributed by atoms with Gasteiger partial charge in [0, 0.05) is 13.1 Å². The third-order valence-corrected chi connectivity index (χ3v) is 1.90. The van der Waals surface area contributed by atoms with Crippen molar-refractivity contribution >= 4 is 12.1 Å². The van der Waals surface area contributed by atoms with Crippen molar-refractivity contribution in [3.05, 3.63) is 0 Å². The highest BCUT2D eigenvalue weighted by Gasteiger charge is 2.21. The minimum atomic E-state index is -0.197. The van der Waals surface area contributed by atoms with Gasteiger partial charge in [0.15, 0.2) is 0 Å². The van der Waals surface area contributed by atoms with Gasteiger partial charge in [0.25, 0.3) is 5.91 Å². The molecule has 1 amide bonds. The third kappa shape index (κ3) is 1.93. The van der Waals surface area contributed by atoms with E-state index in [1.54, 1.807) is 4.90 Å². The molecule has 0 aromatic carbocycles. The Bertz CT molecular complexity index is 179. The molecule has 4 nitrogen and oxygen atoms in total. The summed E-state index contributed by atoms with van der Waals surface area (Å²) in [6.45, 7) is 3.67. The number of oxime groups is 1. The first kappa shape index (κ1) is 8.04. The van der Waals surface area contributed by atoms with Crippen molar-refractivity contribution in [3.63, 3.8) is 0 Å². The summed E-state index contributed by atoms with van der Waals surface area (Å²) in [5.74, 6) is 0.378. The zero-order valence-electron chi connectivity index (χ0n) is 6.53. The number of hydrogen-bond acceptors (Lipinski definition) is 3. The van der Waals surface area contributed by atoms with Crippen LogP contribution >= 0.6 is 0 Å². The molecular formula is C7H12N2O2. The molecule has 0 aromatic rings. The Balaban J connectivity index is 2.43. The standard InChI is InChI=1S/C7H12N2O2/c1-6-2-3-9(5-6)7(10)4-8-11/h4,6,11H,2-3,5H2,1H3/b8-4+. The van der Waals surface area contributed by atoms with E-state index in [1.807, 2.05) is 0 Å². The Morgan fingerprint density at radius 3 is 3.00 bits per heavy atom. The van der Waals surface area contributed by atoms with E-state index in [-0.39, 0.29) is 5.91 Å². The van der Waals surface area contributed by atoms with Crippen LogP contribution in [0.3, 0.4) is 0 Å². The molecule has 11 heavy (non-hydrogen) atoms. The van der Waals surface area contributed by atoms with Crippen molar-refractivity contribution in [2.75, 3.05) is 13.1 Å². The molecule has 1 atom stereocenters. The van der Waals surface area contributed by atoms with Crippen LogP contribution < -0.4 is 0 Å². The molecule has 1 rings (SSSR count). The average Bonchev–Trinajstić information content (AvgIpc) is 2.36. The Hall–Kier alpha value is -1.06. The van der Waals surface area contributed by atoms with Gasteiger partial charge in [-0.15, -0.1) is 0 Å². The van der Waals surface area contributed by atoms with Gasteiger partial charge in [0.05, 0.1) is 0 Å². The van der Waals surface area contributed by atoms with Crippen LogP contribution in [0.2, 0.25) is 0 Å². The zero-order chi connectivity index (χ0) is 8.27. The molecular weight excluding hydrogens is 144 g/mol. The lowest BCUT2D eigenvalue weighted by Gasteiger charge is -2.11. The number of amides is 1. The van der Waals surface area contributed by atoms with Crippen LogP contribution in [0.1, 0.15) is 13.3 Å². The van der Waals surface area contributed by atoms with Crippen molar-refractivity contribution in [1.29, 1.82) is 0 Å². The maximum absolute atomic E-state index is 11.0. The summed E-state index contributed by atoms with van der Waals surface area (Å²) < 4.78 is 0. The van der Waals surface area contributed by atoms with Gasteiger partial charge in [0.2, 0.25) is 0 Å². The van der Waals surface area contributed by atoms with E-state index in [0.29, 0.717) is 5.92 Å². The van der Waals surface area contributed by atoms with E-state index in [1.165, 1.54) is 0 Å². The van der Waals surface area contributed by atoms with Gasteiger partial charge in [-0.1, -0.05) is 12.1 Å². The van der Waals surface area contributed by atoms with Crippen molar-refractivity contribution in [3.8, 4) is 0 Å². The monoisotopic (exact) mass is 156 g/mol. The maximum atomic E-state index is 11.0. The highest BCUT2D eigenvalue weighted by Crippen LogP contribution is 2.14. The number of hydrogen-bond donors (Lipinski definition) is 1. The summed E-state index contributed by atoms with van der Waals surface area (Å²) in [7, 11) is 0. The van der Waals surface area contributed by atoms with E-state index < -0.39 is 0 Å². The first-order chi connectivity index (χ1) is 5.24. The molecule has 1 N–H and O–H groups in total. The summed E-state index contributed by atoms with van der Waals surface area (Å²) in [4.78, 5) is 12.7. The van der Waals surface area contributed by atoms with Crippen LogP contribution in [0.25, 0.3) is 0 Å². The largest absolute Gasteiger partial charge is 0.411 e. The summed E-state index contributed by atoms with van der Waals surface area (Å²) in [5.41, 5.74) is 0. The minimum absolute atomic E-state index is 0.197. The lowest BCUT2D eigenvalue weighted by atomic mass is 10.2. The maximum Gasteiger partial charge on any atom is 0.268 e. The number of likely N-dealkylation sites (tertiary alicyclic amines) is 1. The molecule has 1 heterocycles. The van der Waals surface area contributed by atoms with Gasteiger partial charge in [-0.25, -0.2) is 0 Å². The lowest BCUT2D eigenvalue weighted by molar-refractivity contribution is -0.122. The topological polar surface area (TPSA) is 52.9 Å². The van der Waals surface area contributed by atoms with Crippen molar-refractivity contribution in [2.24, 2.45) is 11.1 Å². The smallest absolute Gasteiger partial charge is 0.268 e. The second-order valence-corrected chi connectivity index (χ2v) is 2.92. The SMILES string of the molecule is CC1CCN(C(=O)/C=N/O)C1. The van der Waals surface area contributed by atoms with Gasteiger partial charge in [-0.05, 0) is 12.3 Å². The summed E-state index contributed by atoms with van der Waals surface area (Å²) >= 11 is 0. The van der Waals surface area contributed by atoms with E-state index in [2.05, 4.69) is 12.1 Å². The lowest BCUT2D eigenvalue weighted by Crippen LogP contribution is -2.29. The van der Waals surface area contributed by atoms with Gasteiger partial charge >= 0.3 is 0 Å². The Kier molecular flexibility index (Phi) is 2.46. The average molecular weight is 156 g/mol. The fraction of sp³-hybridized carbons (Fsp3) is 0.714. The van der Waals surface area contributed by atoms with E-state index in [4.69, 9.17) is 5.21 Å². The van der Waals surface area contributed by atoms with Crippen LogP contribution in [0, 0.1) is 5.92 Å². The molecule has 0 bridgehead atoms. The first-order valence-corrected chi connectivity index (χ1v) is 3.70. The quantitative estimate of drug-likeness (QED) is 0.337.